The standard InChI is InChI=1S/C20H21ClFN3O3/c21-17-3-1-2-4-18(17)23-19(26)13-24-9-11-25(12-10-24)20(27)14-28-16-7-5-15(22)6-8-16/h1-8H,9-14H2,(H,23,26). The average Bonchev–Trinajstić information content (AvgIpc) is 2.69. The van der Waals surface area contributed by atoms with Crippen molar-refractivity contribution in [3.05, 3.63) is 59.4 Å². The molecule has 3 rings (SSSR count). The summed E-state index contributed by atoms with van der Waals surface area (Å²) in [6.45, 7) is 2.37. The lowest BCUT2D eigenvalue weighted by atomic mass is 10.3. The normalized spacial score (nSPS) is 14.6. The van der Waals surface area contributed by atoms with Crippen LogP contribution in [-0.2, 0) is 9.59 Å². The molecule has 28 heavy (non-hydrogen) atoms. The quantitative estimate of drug-likeness (QED) is 0.802. The van der Waals surface area contributed by atoms with Gasteiger partial charge in [0.05, 0.1) is 17.3 Å². The van der Waals surface area contributed by atoms with Gasteiger partial charge in [0.1, 0.15) is 11.6 Å². The first-order chi connectivity index (χ1) is 13.5. The summed E-state index contributed by atoms with van der Waals surface area (Å²) in [4.78, 5) is 28.1. The molecule has 1 aliphatic rings. The predicted octanol–water partition coefficient (Wildman–Crippen LogP) is 2.64. The van der Waals surface area contributed by atoms with E-state index in [4.69, 9.17) is 16.3 Å². The predicted molar refractivity (Wildman–Crippen MR) is 105 cm³/mol. The summed E-state index contributed by atoms with van der Waals surface area (Å²) < 4.78 is 18.3. The van der Waals surface area contributed by atoms with E-state index in [9.17, 15) is 14.0 Å². The molecule has 0 spiro atoms. The van der Waals surface area contributed by atoms with E-state index in [2.05, 4.69) is 5.32 Å². The molecule has 0 saturated carbocycles. The summed E-state index contributed by atoms with van der Waals surface area (Å²) >= 11 is 6.04. The summed E-state index contributed by atoms with van der Waals surface area (Å²) in [5.74, 6) is -0.185. The number of ether oxygens (including phenoxy) is 1. The molecule has 8 heteroatoms. The fourth-order valence-corrected chi connectivity index (χ4v) is 3.06. The van der Waals surface area contributed by atoms with Crippen LogP contribution >= 0.6 is 11.6 Å². The highest BCUT2D eigenvalue weighted by atomic mass is 35.5. The van der Waals surface area contributed by atoms with E-state index in [1.54, 1.807) is 29.2 Å². The second-order valence-electron chi connectivity index (χ2n) is 6.43. The lowest BCUT2D eigenvalue weighted by Crippen LogP contribution is -2.51. The van der Waals surface area contributed by atoms with Gasteiger partial charge in [0, 0.05) is 26.2 Å². The van der Waals surface area contributed by atoms with Gasteiger partial charge in [-0.3, -0.25) is 14.5 Å². The third kappa shape index (κ3) is 5.68. The summed E-state index contributed by atoms with van der Waals surface area (Å²) in [7, 11) is 0. The van der Waals surface area contributed by atoms with Gasteiger partial charge in [0.2, 0.25) is 5.91 Å². The zero-order valence-electron chi connectivity index (χ0n) is 15.2. The lowest BCUT2D eigenvalue weighted by Gasteiger charge is -2.34. The summed E-state index contributed by atoms with van der Waals surface area (Å²) in [6, 6.07) is 12.6. The number of hydrogen-bond acceptors (Lipinski definition) is 4. The molecular weight excluding hydrogens is 385 g/mol. The molecule has 1 heterocycles. The molecule has 1 fully saturated rings. The van der Waals surface area contributed by atoms with Crippen LogP contribution in [0.25, 0.3) is 0 Å². The molecule has 1 saturated heterocycles. The van der Waals surface area contributed by atoms with Crippen LogP contribution in [0.1, 0.15) is 0 Å². The summed E-state index contributed by atoms with van der Waals surface area (Å²) in [5, 5.41) is 3.29. The zero-order valence-corrected chi connectivity index (χ0v) is 16.0. The minimum Gasteiger partial charge on any atom is -0.484 e. The molecule has 0 unspecified atom stereocenters. The van der Waals surface area contributed by atoms with Crippen LogP contribution in [0.2, 0.25) is 5.02 Å². The molecule has 2 aromatic rings. The summed E-state index contributed by atoms with van der Waals surface area (Å²) in [6.07, 6.45) is 0. The van der Waals surface area contributed by atoms with Gasteiger partial charge in [-0.25, -0.2) is 4.39 Å². The number of nitrogens with one attached hydrogen (secondary N) is 1. The molecule has 0 bridgehead atoms. The first kappa shape index (κ1) is 20.1. The van der Waals surface area contributed by atoms with Crippen molar-refractivity contribution in [2.75, 3.05) is 44.6 Å². The maximum atomic E-state index is 12.9. The molecule has 2 amide bonds. The molecule has 0 radical (unpaired) electrons. The highest BCUT2D eigenvalue weighted by Gasteiger charge is 2.22. The van der Waals surface area contributed by atoms with Crippen LogP contribution in [0.4, 0.5) is 10.1 Å². The van der Waals surface area contributed by atoms with E-state index in [-0.39, 0.29) is 30.8 Å². The van der Waals surface area contributed by atoms with Crippen molar-refractivity contribution in [1.29, 1.82) is 0 Å². The van der Waals surface area contributed by atoms with Gasteiger partial charge in [-0.1, -0.05) is 23.7 Å². The number of halogens is 2. The fourth-order valence-electron chi connectivity index (χ4n) is 2.88. The smallest absolute Gasteiger partial charge is 0.260 e. The zero-order chi connectivity index (χ0) is 19.9. The highest BCUT2D eigenvalue weighted by molar-refractivity contribution is 6.33. The fraction of sp³-hybridized carbons (Fsp3) is 0.300. The molecule has 0 atom stereocenters. The Morgan fingerprint density at radius 1 is 1.04 bits per heavy atom. The number of rotatable bonds is 6. The van der Waals surface area contributed by atoms with Crippen LogP contribution in [0.3, 0.4) is 0 Å². The van der Waals surface area contributed by atoms with Crippen molar-refractivity contribution in [1.82, 2.24) is 9.80 Å². The molecule has 2 aromatic carbocycles. The van der Waals surface area contributed by atoms with E-state index >= 15 is 0 Å². The number of para-hydroxylation sites is 1. The molecule has 148 valence electrons. The Labute approximate surface area is 167 Å². The number of carbonyl (C=O) groups excluding carboxylic acids is 2. The Morgan fingerprint density at radius 2 is 1.71 bits per heavy atom. The molecule has 0 aromatic heterocycles. The number of piperazine rings is 1. The summed E-state index contributed by atoms with van der Waals surface area (Å²) in [5.41, 5.74) is 0.584. The molecular formula is C20H21ClFN3O3. The van der Waals surface area contributed by atoms with Gasteiger partial charge in [0.15, 0.2) is 6.61 Å². The lowest BCUT2D eigenvalue weighted by molar-refractivity contribution is -0.135. The number of benzene rings is 2. The van der Waals surface area contributed by atoms with E-state index in [1.807, 2.05) is 4.90 Å². The number of anilines is 1. The van der Waals surface area contributed by atoms with Gasteiger partial charge < -0.3 is 15.0 Å². The second kappa shape index (κ2) is 9.52. The average molecular weight is 406 g/mol. The minimum absolute atomic E-state index is 0.0986. The Kier molecular flexibility index (Phi) is 6.84. The monoisotopic (exact) mass is 405 g/mol. The number of carbonyl (C=O) groups is 2. The van der Waals surface area contributed by atoms with Gasteiger partial charge in [-0.2, -0.15) is 0 Å². The van der Waals surface area contributed by atoms with Crippen molar-refractivity contribution >= 4 is 29.1 Å². The van der Waals surface area contributed by atoms with Crippen molar-refractivity contribution in [3.8, 4) is 5.75 Å². The first-order valence-electron chi connectivity index (χ1n) is 8.94. The maximum absolute atomic E-state index is 12.9. The maximum Gasteiger partial charge on any atom is 0.260 e. The van der Waals surface area contributed by atoms with Gasteiger partial charge in [-0.15, -0.1) is 0 Å². The van der Waals surface area contributed by atoms with E-state index < -0.39 is 0 Å². The number of nitrogens with zero attached hydrogens (tertiary/aromatic N) is 2. The van der Waals surface area contributed by atoms with Crippen LogP contribution in [-0.4, -0.2) is 60.9 Å². The van der Waals surface area contributed by atoms with Crippen molar-refractivity contribution in [2.24, 2.45) is 0 Å². The Balaban J connectivity index is 1.40. The van der Waals surface area contributed by atoms with Crippen LogP contribution in [0, 0.1) is 5.82 Å². The van der Waals surface area contributed by atoms with Crippen molar-refractivity contribution in [2.45, 2.75) is 0 Å². The minimum atomic E-state index is -0.353. The Hall–Kier alpha value is -2.64. The number of amides is 2. The second-order valence-corrected chi connectivity index (χ2v) is 6.83. The van der Waals surface area contributed by atoms with E-state index in [0.29, 0.717) is 42.6 Å². The number of hydrogen-bond donors (Lipinski definition) is 1. The topological polar surface area (TPSA) is 61.9 Å². The van der Waals surface area contributed by atoms with Crippen LogP contribution < -0.4 is 10.1 Å². The first-order valence-corrected chi connectivity index (χ1v) is 9.32. The molecule has 0 aliphatic carbocycles. The van der Waals surface area contributed by atoms with Gasteiger partial charge in [0.25, 0.3) is 5.91 Å². The molecule has 1 aliphatic heterocycles. The van der Waals surface area contributed by atoms with Crippen molar-refractivity contribution < 1.29 is 18.7 Å². The van der Waals surface area contributed by atoms with Crippen LogP contribution in [0.15, 0.2) is 48.5 Å². The SMILES string of the molecule is O=C(CN1CCN(C(=O)COc2ccc(F)cc2)CC1)Nc1ccccc1Cl. The van der Waals surface area contributed by atoms with Gasteiger partial charge >= 0.3 is 0 Å². The third-order valence-corrected chi connectivity index (χ3v) is 4.75. The van der Waals surface area contributed by atoms with E-state index in [1.165, 1.54) is 24.3 Å². The Morgan fingerprint density at radius 3 is 2.39 bits per heavy atom. The molecule has 6 nitrogen and oxygen atoms in total. The van der Waals surface area contributed by atoms with Crippen LogP contribution in [0.5, 0.6) is 5.75 Å². The third-order valence-electron chi connectivity index (χ3n) is 4.42. The van der Waals surface area contributed by atoms with E-state index in [0.717, 1.165) is 0 Å². The Bertz CT molecular complexity index is 824. The molecule has 1 N–H and O–H groups in total. The van der Waals surface area contributed by atoms with Gasteiger partial charge in [-0.05, 0) is 36.4 Å². The largest absolute Gasteiger partial charge is 0.484 e. The highest BCUT2D eigenvalue weighted by Crippen LogP contribution is 2.20. The van der Waals surface area contributed by atoms with Crippen molar-refractivity contribution in [3.63, 3.8) is 0 Å².